The Morgan fingerprint density at radius 1 is 1.17 bits per heavy atom. The maximum Gasteiger partial charge on any atom is 0.233 e. The molecule has 3 aromatic rings. The summed E-state index contributed by atoms with van der Waals surface area (Å²) in [5, 5.41) is 9.63. The lowest BCUT2D eigenvalue weighted by molar-refractivity contribution is -0.128. The largest absolute Gasteiger partial charge is 0.461 e. The molecule has 1 unspecified atom stereocenters. The van der Waals surface area contributed by atoms with Crippen molar-refractivity contribution >= 4 is 17.7 Å². The van der Waals surface area contributed by atoms with Crippen molar-refractivity contribution in [2.75, 3.05) is 12.8 Å². The number of benzene rings is 1. The van der Waals surface area contributed by atoms with Crippen LogP contribution in [0.4, 0.5) is 0 Å². The van der Waals surface area contributed by atoms with Crippen LogP contribution in [0.3, 0.4) is 0 Å². The van der Waals surface area contributed by atoms with E-state index in [4.69, 9.17) is 4.42 Å². The summed E-state index contributed by atoms with van der Waals surface area (Å²) in [5.41, 5.74) is 1.13. The van der Waals surface area contributed by atoms with Crippen molar-refractivity contribution in [2.45, 2.75) is 56.3 Å². The summed E-state index contributed by atoms with van der Waals surface area (Å²) in [6.07, 6.45) is 7.57. The number of nitrogens with zero attached hydrogens (tertiary/aromatic N) is 4. The van der Waals surface area contributed by atoms with Crippen LogP contribution in [0.5, 0.6) is 0 Å². The molecule has 1 aromatic carbocycles. The van der Waals surface area contributed by atoms with Crippen molar-refractivity contribution in [1.82, 2.24) is 19.7 Å². The Morgan fingerprint density at radius 3 is 2.63 bits per heavy atom. The van der Waals surface area contributed by atoms with Gasteiger partial charge in [-0.2, -0.15) is 0 Å². The Bertz CT molecular complexity index is 949. The molecule has 1 aliphatic carbocycles. The van der Waals surface area contributed by atoms with Gasteiger partial charge in [-0.05, 0) is 37.5 Å². The molecule has 1 amide bonds. The molecule has 2 heterocycles. The van der Waals surface area contributed by atoms with Crippen LogP contribution in [0.2, 0.25) is 0 Å². The quantitative estimate of drug-likeness (QED) is 0.478. The molecular formula is C23H28N4O2S. The molecule has 7 heteroatoms. The number of hydrogen-bond donors (Lipinski definition) is 0. The lowest BCUT2D eigenvalue weighted by Crippen LogP contribution is -2.31. The Hall–Kier alpha value is -2.54. The Balaban J connectivity index is 1.49. The average molecular weight is 425 g/mol. The molecule has 30 heavy (non-hydrogen) atoms. The third-order valence-electron chi connectivity index (χ3n) is 5.93. The van der Waals surface area contributed by atoms with Gasteiger partial charge in [-0.25, -0.2) is 0 Å². The minimum Gasteiger partial charge on any atom is -0.461 e. The standard InChI is InChI=1S/C23H28N4O2S/c1-17(18-10-5-3-6-11-18)26(2)21(28)16-30-23-25-24-22(20-14-9-15-29-20)27(23)19-12-7-4-8-13-19/h3,5-6,9-11,14-15,17,19H,4,7-8,12-13,16H2,1-2H3. The van der Waals surface area contributed by atoms with Gasteiger partial charge >= 0.3 is 0 Å². The van der Waals surface area contributed by atoms with Gasteiger partial charge in [0, 0.05) is 13.1 Å². The first-order valence-corrected chi connectivity index (χ1v) is 11.6. The summed E-state index contributed by atoms with van der Waals surface area (Å²) in [6, 6.07) is 14.3. The molecule has 0 spiro atoms. The number of aromatic nitrogens is 3. The van der Waals surface area contributed by atoms with E-state index in [1.54, 1.807) is 11.2 Å². The zero-order valence-electron chi connectivity index (χ0n) is 17.5. The summed E-state index contributed by atoms with van der Waals surface area (Å²) < 4.78 is 7.79. The van der Waals surface area contributed by atoms with E-state index in [9.17, 15) is 4.79 Å². The number of thioether (sulfide) groups is 1. The van der Waals surface area contributed by atoms with Gasteiger partial charge in [0.1, 0.15) is 0 Å². The highest BCUT2D eigenvalue weighted by molar-refractivity contribution is 7.99. The highest BCUT2D eigenvalue weighted by atomic mass is 32.2. The van der Waals surface area contributed by atoms with Crippen LogP contribution in [0.25, 0.3) is 11.6 Å². The van der Waals surface area contributed by atoms with E-state index in [0.717, 1.165) is 35.1 Å². The predicted molar refractivity (Wildman–Crippen MR) is 118 cm³/mol. The first-order chi connectivity index (χ1) is 14.6. The van der Waals surface area contributed by atoms with Crippen molar-refractivity contribution in [2.24, 2.45) is 0 Å². The molecule has 0 saturated heterocycles. The smallest absolute Gasteiger partial charge is 0.233 e. The number of carbonyl (C=O) groups is 1. The fourth-order valence-electron chi connectivity index (χ4n) is 4.02. The van der Waals surface area contributed by atoms with Gasteiger partial charge in [-0.3, -0.25) is 9.36 Å². The van der Waals surface area contributed by atoms with Gasteiger partial charge in [0.15, 0.2) is 10.9 Å². The molecular weight excluding hydrogens is 396 g/mol. The van der Waals surface area contributed by atoms with Crippen molar-refractivity contribution in [1.29, 1.82) is 0 Å². The number of furan rings is 1. The van der Waals surface area contributed by atoms with E-state index in [1.807, 2.05) is 37.4 Å². The highest BCUT2D eigenvalue weighted by Gasteiger charge is 2.26. The van der Waals surface area contributed by atoms with E-state index in [1.165, 1.54) is 31.0 Å². The van der Waals surface area contributed by atoms with Gasteiger partial charge in [0.05, 0.1) is 18.1 Å². The normalized spacial score (nSPS) is 15.8. The molecule has 4 rings (SSSR count). The maximum absolute atomic E-state index is 12.9. The Kier molecular flexibility index (Phi) is 6.57. The van der Waals surface area contributed by atoms with Crippen LogP contribution in [0.15, 0.2) is 58.3 Å². The zero-order valence-corrected chi connectivity index (χ0v) is 18.3. The lowest BCUT2D eigenvalue weighted by Gasteiger charge is -2.26. The number of rotatable bonds is 7. The monoisotopic (exact) mass is 424 g/mol. The summed E-state index contributed by atoms with van der Waals surface area (Å²) >= 11 is 1.46. The van der Waals surface area contributed by atoms with E-state index < -0.39 is 0 Å². The molecule has 1 aliphatic rings. The summed E-state index contributed by atoms with van der Waals surface area (Å²) in [6.45, 7) is 2.05. The molecule has 0 aliphatic heterocycles. The van der Waals surface area contributed by atoms with E-state index in [-0.39, 0.29) is 11.9 Å². The number of carbonyl (C=O) groups excluding carboxylic acids is 1. The number of amides is 1. The molecule has 158 valence electrons. The SMILES string of the molecule is CC(c1ccccc1)N(C)C(=O)CSc1nnc(-c2ccco2)n1C1CCCCC1. The van der Waals surface area contributed by atoms with Crippen molar-refractivity contribution < 1.29 is 9.21 Å². The van der Waals surface area contributed by atoms with E-state index in [0.29, 0.717) is 11.8 Å². The minimum atomic E-state index is 0.0224. The van der Waals surface area contributed by atoms with E-state index in [2.05, 4.69) is 33.8 Å². The number of hydrogen-bond acceptors (Lipinski definition) is 5. The van der Waals surface area contributed by atoms with Crippen LogP contribution in [0, 0.1) is 0 Å². The lowest BCUT2D eigenvalue weighted by atomic mass is 9.95. The molecule has 0 bridgehead atoms. The minimum absolute atomic E-state index is 0.0224. The van der Waals surface area contributed by atoms with Crippen molar-refractivity contribution in [3.05, 3.63) is 54.3 Å². The second-order valence-electron chi connectivity index (χ2n) is 7.83. The molecule has 1 atom stereocenters. The highest BCUT2D eigenvalue weighted by Crippen LogP contribution is 2.35. The fraction of sp³-hybridized carbons (Fsp3) is 0.435. The van der Waals surface area contributed by atoms with Crippen molar-refractivity contribution in [3.8, 4) is 11.6 Å². The third kappa shape index (κ3) is 4.46. The Labute approximate surface area is 181 Å². The van der Waals surface area contributed by atoms with Crippen molar-refractivity contribution in [3.63, 3.8) is 0 Å². The second kappa shape index (κ2) is 9.51. The average Bonchev–Trinajstić information content (AvgIpc) is 3.47. The van der Waals surface area contributed by atoms with Gasteiger partial charge in [0.2, 0.25) is 11.7 Å². The molecule has 1 saturated carbocycles. The predicted octanol–water partition coefficient (Wildman–Crippen LogP) is 5.36. The fourth-order valence-corrected chi connectivity index (χ4v) is 4.95. The van der Waals surface area contributed by atoms with Crippen LogP contribution in [0.1, 0.15) is 56.7 Å². The van der Waals surface area contributed by atoms with Crippen LogP contribution in [-0.2, 0) is 4.79 Å². The van der Waals surface area contributed by atoms with Gasteiger partial charge in [-0.1, -0.05) is 61.4 Å². The molecule has 1 fully saturated rings. The zero-order chi connectivity index (χ0) is 20.9. The Morgan fingerprint density at radius 2 is 1.93 bits per heavy atom. The van der Waals surface area contributed by atoms with Crippen LogP contribution in [-0.4, -0.2) is 38.4 Å². The molecule has 0 radical (unpaired) electrons. The van der Waals surface area contributed by atoms with Gasteiger partial charge in [-0.15, -0.1) is 10.2 Å². The third-order valence-corrected chi connectivity index (χ3v) is 6.85. The molecule has 6 nitrogen and oxygen atoms in total. The first-order valence-electron chi connectivity index (χ1n) is 10.6. The summed E-state index contributed by atoms with van der Waals surface area (Å²) in [4.78, 5) is 14.7. The molecule has 0 N–H and O–H groups in total. The second-order valence-corrected chi connectivity index (χ2v) is 8.77. The summed E-state index contributed by atoms with van der Waals surface area (Å²) in [5.74, 6) is 1.89. The maximum atomic E-state index is 12.9. The van der Waals surface area contributed by atoms with Gasteiger partial charge < -0.3 is 9.32 Å². The topological polar surface area (TPSA) is 64.2 Å². The summed E-state index contributed by atoms with van der Waals surface area (Å²) in [7, 11) is 1.86. The van der Waals surface area contributed by atoms with Crippen LogP contribution >= 0.6 is 11.8 Å². The first kappa shape index (κ1) is 20.7. The van der Waals surface area contributed by atoms with E-state index >= 15 is 0 Å². The molecule has 2 aromatic heterocycles. The van der Waals surface area contributed by atoms with Gasteiger partial charge in [0.25, 0.3) is 0 Å². The van der Waals surface area contributed by atoms with Crippen LogP contribution < -0.4 is 0 Å².